The summed E-state index contributed by atoms with van der Waals surface area (Å²) in [6.45, 7) is 2.73. The fraction of sp³-hybridized carbons (Fsp3) is 0.867. The second-order valence-corrected chi connectivity index (χ2v) is 6.63. The molecule has 1 heterocycles. The van der Waals surface area contributed by atoms with Crippen molar-refractivity contribution in [1.29, 1.82) is 0 Å². The fourth-order valence-corrected chi connectivity index (χ4v) is 4.26. The number of rotatable bonds is 3. The number of amides is 1. The Balaban J connectivity index is 2.11. The van der Waals surface area contributed by atoms with Crippen LogP contribution in [0, 0.1) is 17.8 Å². The molecule has 0 spiro atoms. The molecule has 0 aromatic rings. The van der Waals surface area contributed by atoms with Crippen LogP contribution in [0.25, 0.3) is 0 Å². The van der Waals surface area contributed by atoms with Gasteiger partial charge in [-0.15, -0.1) is 0 Å². The number of nitrogens with zero attached hydrogens (tertiary/aromatic N) is 1. The molecule has 1 saturated heterocycles. The van der Waals surface area contributed by atoms with Crippen LogP contribution in [0.1, 0.15) is 32.6 Å². The first kappa shape index (κ1) is 16.6. The minimum Gasteiger partial charge on any atom is -0.464 e. The summed E-state index contributed by atoms with van der Waals surface area (Å²) in [6, 6.07) is -0.493. The van der Waals surface area contributed by atoms with Gasteiger partial charge in [-0.1, -0.05) is 15.9 Å². The quantitative estimate of drug-likeness (QED) is 0.572. The molecule has 2 aliphatic rings. The molecule has 0 bridgehead atoms. The molecular formula is C15H24BrNO4. The standard InChI is InChI=1S/C15H24BrNO4/c1-3-21-14(18)13-7-12-6-10(8-16)4-5-11(12)9-17(13)15(19)20-2/h10-13H,3-9H2,1-2H3/t10-,11-,12+,13-/m1/s1. The molecular weight excluding hydrogens is 338 g/mol. The average molecular weight is 362 g/mol. The number of carbonyl (C=O) groups excluding carboxylic acids is 2. The number of halogens is 1. The largest absolute Gasteiger partial charge is 0.464 e. The van der Waals surface area contributed by atoms with Crippen molar-refractivity contribution >= 4 is 28.0 Å². The molecule has 0 aromatic carbocycles. The number of methoxy groups -OCH3 is 1. The highest BCUT2D eigenvalue weighted by Crippen LogP contribution is 2.41. The van der Waals surface area contributed by atoms with Gasteiger partial charge in [-0.3, -0.25) is 4.90 Å². The molecule has 1 saturated carbocycles. The fourth-order valence-electron chi connectivity index (χ4n) is 3.67. The first-order valence-electron chi connectivity index (χ1n) is 7.67. The van der Waals surface area contributed by atoms with Gasteiger partial charge in [-0.2, -0.15) is 0 Å². The number of carbonyl (C=O) groups is 2. The zero-order chi connectivity index (χ0) is 15.4. The predicted molar refractivity (Wildman–Crippen MR) is 82.3 cm³/mol. The van der Waals surface area contributed by atoms with Crippen LogP contribution in [-0.2, 0) is 14.3 Å². The number of hydrogen-bond acceptors (Lipinski definition) is 4. The number of ether oxygens (including phenoxy) is 2. The number of hydrogen-bond donors (Lipinski definition) is 0. The third kappa shape index (κ3) is 3.71. The van der Waals surface area contributed by atoms with E-state index in [9.17, 15) is 9.59 Å². The zero-order valence-corrected chi connectivity index (χ0v) is 14.3. The van der Waals surface area contributed by atoms with Crippen LogP contribution in [0.4, 0.5) is 4.79 Å². The Hall–Kier alpha value is -0.780. The number of fused-ring (bicyclic) bond motifs is 1. The molecule has 2 rings (SSSR count). The van der Waals surface area contributed by atoms with E-state index in [1.54, 1.807) is 11.8 Å². The molecule has 1 amide bonds. The Morgan fingerprint density at radius 1 is 1.24 bits per heavy atom. The van der Waals surface area contributed by atoms with E-state index < -0.39 is 12.1 Å². The van der Waals surface area contributed by atoms with Crippen LogP contribution in [-0.4, -0.2) is 48.6 Å². The Morgan fingerprint density at radius 2 is 2.00 bits per heavy atom. The van der Waals surface area contributed by atoms with E-state index in [-0.39, 0.29) is 5.97 Å². The summed E-state index contributed by atoms with van der Waals surface area (Å²) in [5.74, 6) is 1.35. The summed E-state index contributed by atoms with van der Waals surface area (Å²) < 4.78 is 9.98. The highest BCUT2D eigenvalue weighted by Gasteiger charge is 2.44. The second-order valence-electron chi connectivity index (χ2n) is 5.98. The molecule has 0 aromatic heterocycles. The Bertz CT molecular complexity index is 390. The third-order valence-electron chi connectivity index (χ3n) is 4.77. The van der Waals surface area contributed by atoms with Crippen molar-refractivity contribution < 1.29 is 19.1 Å². The van der Waals surface area contributed by atoms with Crippen LogP contribution in [0.15, 0.2) is 0 Å². The van der Waals surface area contributed by atoms with Gasteiger partial charge in [0.05, 0.1) is 13.7 Å². The van der Waals surface area contributed by atoms with Gasteiger partial charge in [0.15, 0.2) is 0 Å². The highest BCUT2D eigenvalue weighted by atomic mass is 79.9. The van der Waals surface area contributed by atoms with Gasteiger partial charge in [0.1, 0.15) is 6.04 Å². The van der Waals surface area contributed by atoms with Gasteiger partial charge < -0.3 is 9.47 Å². The number of esters is 1. The zero-order valence-electron chi connectivity index (χ0n) is 12.7. The molecule has 0 unspecified atom stereocenters. The molecule has 0 N–H and O–H groups in total. The van der Waals surface area contributed by atoms with Crippen molar-refractivity contribution in [1.82, 2.24) is 4.90 Å². The van der Waals surface area contributed by atoms with Crippen molar-refractivity contribution in [3.63, 3.8) is 0 Å². The number of alkyl halides is 1. The van der Waals surface area contributed by atoms with E-state index in [4.69, 9.17) is 9.47 Å². The van der Waals surface area contributed by atoms with Gasteiger partial charge in [0, 0.05) is 11.9 Å². The van der Waals surface area contributed by atoms with Crippen LogP contribution < -0.4 is 0 Å². The van der Waals surface area contributed by atoms with Crippen molar-refractivity contribution in [3.05, 3.63) is 0 Å². The molecule has 21 heavy (non-hydrogen) atoms. The lowest BCUT2D eigenvalue weighted by molar-refractivity contribution is -0.152. The minimum atomic E-state index is -0.493. The van der Waals surface area contributed by atoms with Gasteiger partial charge in [-0.25, -0.2) is 9.59 Å². The minimum absolute atomic E-state index is 0.303. The Labute approximate surface area is 134 Å². The van der Waals surface area contributed by atoms with Crippen LogP contribution in [0.5, 0.6) is 0 Å². The first-order chi connectivity index (χ1) is 10.1. The van der Waals surface area contributed by atoms with Crippen molar-refractivity contribution in [2.75, 3.05) is 25.6 Å². The van der Waals surface area contributed by atoms with Crippen LogP contribution in [0.3, 0.4) is 0 Å². The van der Waals surface area contributed by atoms with Crippen molar-refractivity contribution in [2.24, 2.45) is 17.8 Å². The second kappa shape index (κ2) is 7.47. The van der Waals surface area contributed by atoms with Gasteiger partial charge >= 0.3 is 12.1 Å². The summed E-state index contributed by atoms with van der Waals surface area (Å²) >= 11 is 3.57. The SMILES string of the molecule is CCOC(=O)[C@H]1C[C@@H]2C[C@H](CBr)CC[C@@H]2CN1C(=O)OC. The lowest BCUT2D eigenvalue weighted by Crippen LogP contribution is -2.55. The molecule has 1 aliphatic heterocycles. The number of likely N-dealkylation sites (tertiary alicyclic amines) is 1. The van der Waals surface area contributed by atoms with Crippen LogP contribution >= 0.6 is 15.9 Å². The molecule has 6 heteroatoms. The number of piperidine rings is 1. The normalized spacial score (nSPS) is 32.2. The molecule has 120 valence electrons. The maximum absolute atomic E-state index is 12.2. The monoisotopic (exact) mass is 361 g/mol. The lowest BCUT2D eigenvalue weighted by Gasteiger charge is -2.45. The predicted octanol–water partition coefficient (Wildman–Crippen LogP) is 2.82. The smallest absolute Gasteiger partial charge is 0.410 e. The molecule has 0 radical (unpaired) electrons. The third-order valence-corrected chi connectivity index (χ3v) is 5.68. The summed E-state index contributed by atoms with van der Waals surface area (Å²) in [7, 11) is 1.36. The maximum Gasteiger partial charge on any atom is 0.410 e. The van der Waals surface area contributed by atoms with Gasteiger partial charge in [0.25, 0.3) is 0 Å². The van der Waals surface area contributed by atoms with Gasteiger partial charge in [-0.05, 0) is 50.4 Å². The lowest BCUT2D eigenvalue weighted by atomic mass is 9.69. The summed E-state index contributed by atoms with van der Waals surface area (Å²) in [6.07, 6.45) is 3.70. The molecule has 4 atom stereocenters. The molecule has 1 aliphatic carbocycles. The van der Waals surface area contributed by atoms with Crippen molar-refractivity contribution in [3.8, 4) is 0 Å². The van der Waals surface area contributed by atoms with E-state index >= 15 is 0 Å². The Kier molecular flexibility index (Phi) is 5.90. The first-order valence-corrected chi connectivity index (χ1v) is 8.80. The van der Waals surface area contributed by atoms with Crippen LogP contribution in [0.2, 0.25) is 0 Å². The summed E-state index contributed by atoms with van der Waals surface area (Å²) in [4.78, 5) is 25.7. The van der Waals surface area contributed by atoms with E-state index in [1.807, 2.05) is 0 Å². The van der Waals surface area contributed by atoms with E-state index in [0.717, 1.165) is 18.2 Å². The highest BCUT2D eigenvalue weighted by molar-refractivity contribution is 9.09. The Morgan fingerprint density at radius 3 is 2.62 bits per heavy atom. The van der Waals surface area contributed by atoms with Crippen molar-refractivity contribution in [2.45, 2.75) is 38.6 Å². The summed E-state index contributed by atoms with van der Waals surface area (Å²) in [5, 5.41) is 1.01. The molecule has 5 nitrogen and oxygen atoms in total. The van der Waals surface area contributed by atoms with E-state index in [0.29, 0.717) is 37.3 Å². The summed E-state index contributed by atoms with van der Waals surface area (Å²) in [5.41, 5.74) is 0. The van der Waals surface area contributed by atoms with E-state index in [1.165, 1.54) is 13.5 Å². The topological polar surface area (TPSA) is 55.8 Å². The molecule has 2 fully saturated rings. The average Bonchev–Trinajstić information content (AvgIpc) is 2.52. The maximum atomic E-state index is 12.2. The van der Waals surface area contributed by atoms with Gasteiger partial charge in [0.2, 0.25) is 0 Å². The van der Waals surface area contributed by atoms with E-state index in [2.05, 4.69) is 15.9 Å².